The quantitative estimate of drug-likeness (QED) is 0.167. The monoisotopic (exact) mass is 755 g/mol. The van der Waals surface area contributed by atoms with Gasteiger partial charge in [0.1, 0.15) is 22.3 Å². The lowest BCUT2D eigenvalue weighted by molar-refractivity contribution is 0.668. The minimum Gasteiger partial charge on any atom is -0.456 e. The summed E-state index contributed by atoms with van der Waals surface area (Å²) in [5.41, 5.74) is 12.2. The molecule has 59 heavy (non-hydrogen) atoms. The van der Waals surface area contributed by atoms with E-state index in [2.05, 4.69) is 127 Å². The normalized spacial score (nSPS) is 14.4. The van der Waals surface area contributed by atoms with E-state index in [1.54, 1.807) is 0 Å². The molecule has 274 valence electrons. The number of rotatable bonds is 4. The van der Waals surface area contributed by atoms with Gasteiger partial charge in [0.05, 0.1) is 12.3 Å². The standard InChI is InChI=1S/C57H34O2/c1-4-16-35(17-5-1)51-39-22-10-12-24-41(39)52(42-25-13-11-23-40(42)51)36-28-32-49-45(34-36)43-29-30-47-55(56(43)59-49)54-46(31-33-50-53(54)44-26-14-15-27-48(44)58-50)57(47,37-18-6-2-7-19-37)38-20-8-3-9-21-38/h1-34H/i1D,4D,5D,16D,17D. The molecule has 0 bridgehead atoms. The first kappa shape index (κ1) is 27.8. The third-order valence-corrected chi connectivity index (χ3v) is 12.6. The average molecular weight is 756 g/mol. The fourth-order valence-corrected chi connectivity index (χ4v) is 10.3. The molecule has 2 nitrogen and oxygen atoms in total. The molecule has 12 aromatic rings. The molecule has 0 aliphatic heterocycles. The number of benzene rings is 10. The number of hydrogen-bond donors (Lipinski definition) is 0. The highest BCUT2D eigenvalue weighted by molar-refractivity contribution is 6.24. The zero-order chi connectivity index (χ0) is 43.0. The number of hydrogen-bond acceptors (Lipinski definition) is 2. The first-order chi connectivity index (χ1) is 31.4. The molecule has 0 radical (unpaired) electrons. The Labute approximate surface area is 347 Å². The molecule has 13 rings (SSSR count). The van der Waals surface area contributed by atoms with Gasteiger partial charge in [-0.2, -0.15) is 0 Å². The Morgan fingerprint density at radius 2 is 0.881 bits per heavy atom. The van der Waals surface area contributed by atoms with Crippen molar-refractivity contribution in [3.63, 3.8) is 0 Å². The van der Waals surface area contributed by atoms with Gasteiger partial charge in [0.25, 0.3) is 0 Å². The minimum atomic E-state index is -0.655. The number of fused-ring (bicyclic) bond motifs is 13. The lowest BCUT2D eigenvalue weighted by atomic mass is 9.67. The second kappa shape index (κ2) is 12.2. The van der Waals surface area contributed by atoms with Crippen LogP contribution in [0.1, 0.15) is 29.1 Å². The largest absolute Gasteiger partial charge is 0.456 e. The van der Waals surface area contributed by atoms with Gasteiger partial charge >= 0.3 is 0 Å². The van der Waals surface area contributed by atoms with Crippen molar-refractivity contribution in [1.29, 1.82) is 0 Å². The molecule has 0 saturated carbocycles. The van der Waals surface area contributed by atoms with E-state index in [4.69, 9.17) is 15.7 Å². The van der Waals surface area contributed by atoms with Crippen molar-refractivity contribution in [2.75, 3.05) is 0 Å². The first-order valence-electron chi connectivity index (χ1n) is 22.4. The van der Waals surface area contributed by atoms with Crippen molar-refractivity contribution >= 4 is 65.4 Å². The van der Waals surface area contributed by atoms with Gasteiger partial charge in [-0.1, -0.05) is 182 Å². The molecular weight excluding hydrogens is 717 g/mol. The molecular formula is C57H34O2. The Kier molecular flexibility index (Phi) is 5.74. The van der Waals surface area contributed by atoms with E-state index in [1.807, 2.05) is 48.5 Å². The van der Waals surface area contributed by atoms with Gasteiger partial charge in [-0.25, -0.2) is 0 Å². The second-order valence-corrected chi connectivity index (χ2v) is 15.5. The summed E-state index contributed by atoms with van der Waals surface area (Å²) in [5.74, 6) is 0. The lowest BCUT2D eigenvalue weighted by Gasteiger charge is -2.33. The van der Waals surface area contributed by atoms with Crippen LogP contribution < -0.4 is 0 Å². The molecule has 0 N–H and O–H groups in total. The molecule has 1 aliphatic carbocycles. The molecule has 2 heteroatoms. The molecule has 0 atom stereocenters. The summed E-state index contributed by atoms with van der Waals surface area (Å²) in [6, 6.07) is 59.5. The molecule has 1 aliphatic rings. The number of furan rings is 2. The van der Waals surface area contributed by atoms with Crippen molar-refractivity contribution in [3.05, 3.63) is 228 Å². The Hall–Kier alpha value is -7.68. The molecule has 0 spiro atoms. The molecule has 0 amide bonds. The number of para-hydroxylation sites is 1. The van der Waals surface area contributed by atoms with Crippen molar-refractivity contribution in [2.24, 2.45) is 0 Å². The van der Waals surface area contributed by atoms with E-state index >= 15 is 0 Å². The van der Waals surface area contributed by atoms with E-state index in [1.165, 1.54) is 5.56 Å². The first-order valence-corrected chi connectivity index (χ1v) is 19.9. The Morgan fingerprint density at radius 1 is 0.356 bits per heavy atom. The third-order valence-electron chi connectivity index (χ3n) is 12.6. The summed E-state index contributed by atoms with van der Waals surface area (Å²) in [4.78, 5) is 0. The van der Waals surface area contributed by atoms with Gasteiger partial charge in [0, 0.05) is 32.7 Å². The van der Waals surface area contributed by atoms with Gasteiger partial charge in [-0.15, -0.1) is 0 Å². The van der Waals surface area contributed by atoms with Crippen LogP contribution in [0.5, 0.6) is 0 Å². The van der Waals surface area contributed by atoms with Crippen LogP contribution in [0.4, 0.5) is 0 Å². The van der Waals surface area contributed by atoms with Crippen molar-refractivity contribution in [1.82, 2.24) is 0 Å². The zero-order valence-corrected chi connectivity index (χ0v) is 31.6. The molecule has 0 unspecified atom stereocenters. The third kappa shape index (κ3) is 4.35. The van der Waals surface area contributed by atoms with Gasteiger partial charge < -0.3 is 8.83 Å². The molecule has 2 heterocycles. The van der Waals surface area contributed by atoms with Gasteiger partial charge in [0.15, 0.2) is 0 Å². The fourth-order valence-electron chi connectivity index (χ4n) is 10.3. The highest BCUT2D eigenvalue weighted by Crippen LogP contribution is 2.61. The van der Waals surface area contributed by atoms with Crippen molar-refractivity contribution in [2.45, 2.75) is 5.41 Å². The van der Waals surface area contributed by atoms with Crippen LogP contribution in [0.3, 0.4) is 0 Å². The highest BCUT2D eigenvalue weighted by atomic mass is 16.3. The van der Waals surface area contributed by atoms with Crippen LogP contribution in [0.2, 0.25) is 0 Å². The van der Waals surface area contributed by atoms with Crippen LogP contribution in [0.25, 0.3) is 98.8 Å². The maximum Gasteiger partial charge on any atom is 0.143 e. The molecule has 0 fully saturated rings. The minimum absolute atomic E-state index is 0.192. The predicted molar refractivity (Wildman–Crippen MR) is 244 cm³/mol. The molecule has 2 aromatic heterocycles. The van der Waals surface area contributed by atoms with E-state index in [0.717, 1.165) is 104 Å². The zero-order valence-electron chi connectivity index (χ0n) is 36.6. The summed E-state index contributed by atoms with van der Waals surface area (Å²) < 4.78 is 57.1. The van der Waals surface area contributed by atoms with E-state index < -0.39 is 11.5 Å². The smallest absolute Gasteiger partial charge is 0.143 e. The van der Waals surface area contributed by atoms with E-state index in [9.17, 15) is 0 Å². The summed E-state index contributed by atoms with van der Waals surface area (Å²) in [5, 5.41) is 7.51. The maximum atomic E-state index is 9.00. The van der Waals surface area contributed by atoms with Gasteiger partial charge in [-0.05, 0) is 90.3 Å². The summed E-state index contributed by atoms with van der Waals surface area (Å²) in [7, 11) is 0. The summed E-state index contributed by atoms with van der Waals surface area (Å²) in [6.07, 6.45) is 0. The van der Waals surface area contributed by atoms with Gasteiger partial charge in [0.2, 0.25) is 0 Å². The van der Waals surface area contributed by atoms with E-state index in [-0.39, 0.29) is 29.7 Å². The Balaban J connectivity index is 1.12. The van der Waals surface area contributed by atoms with Crippen LogP contribution >= 0.6 is 0 Å². The SMILES string of the molecule is [2H]c1c([2H])c([2H])c(-c2c3ccccc3c(-c3ccc4oc5c6c(ccc5c4c3)C(c3ccccc3)(c3ccccc3)c3ccc4oc5ccccc5c4c3-6)c3ccccc23)c([2H])c1[2H]. The topological polar surface area (TPSA) is 26.3 Å². The van der Waals surface area contributed by atoms with Crippen molar-refractivity contribution in [3.8, 4) is 33.4 Å². The Bertz CT molecular complexity index is 3840. The van der Waals surface area contributed by atoms with E-state index in [0.29, 0.717) is 5.56 Å². The summed E-state index contributed by atoms with van der Waals surface area (Å²) in [6.45, 7) is 0. The predicted octanol–water partition coefficient (Wildman–Crippen LogP) is 15.5. The van der Waals surface area contributed by atoms with Crippen LogP contribution in [-0.4, -0.2) is 0 Å². The molecule has 10 aromatic carbocycles. The highest BCUT2D eigenvalue weighted by Gasteiger charge is 2.48. The average Bonchev–Trinajstić information content (AvgIpc) is 4.01. The second-order valence-electron chi connectivity index (χ2n) is 15.5. The lowest BCUT2D eigenvalue weighted by Crippen LogP contribution is -2.28. The van der Waals surface area contributed by atoms with Gasteiger partial charge in [-0.3, -0.25) is 0 Å². The summed E-state index contributed by atoms with van der Waals surface area (Å²) >= 11 is 0. The van der Waals surface area contributed by atoms with Crippen LogP contribution in [0, 0.1) is 0 Å². The van der Waals surface area contributed by atoms with Crippen LogP contribution in [-0.2, 0) is 5.41 Å². The maximum absolute atomic E-state index is 9.00. The Morgan fingerprint density at radius 3 is 1.54 bits per heavy atom. The fraction of sp³-hybridized carbons (Fsp3) is 0.0175. The molecule has 0 saturated heterocycles. The van der Waals surface area contributed by atoms with Crippen molar-refractivity contribution < 1.29 is 15.7 Å². The van der Waals surface area contributed by atoms with Crippen LogP contribution in [0.15, 0.2) is 215 Å².